The molecule has 0 amide bonds. The van der Waals surface area contributed by atoms with Crippen LogP contribution in [-0.4, -0.2) is 25.3 Å². The Morgan fingerprint density at radius 1 is 1.00 bits per heavy atom. The minimum Gasteiger partial charge on any atom is -0.492 e. The second-order valence-electron chi connectivity index (χ2n) is 2.37. The van der Waals surface area contributed by atoms with Gasteiger partial charge in [0.2, 0.25) is 5.88 Å². The lowest BCUT2D eigenvalue weighted by Gasteiger charge is -1.96. The van der Waals surface area contributed by atoms with Crippen LogP contribution in [0.1, 0.15) is 0 Å². The van der Waals surface area contributed by atoms with Crippen molar-refractivity contribution in [3.05, 3.63) is 30.7 Å². The number of rotatable bonds is 1. The van der Waals surface area contributed by atoms with Crippen molar-refractivity contribution in [3.63, 3.8) is 0 Å². The number of nitrogens with zero attached hydrogens (tertiary/aromatic N) is 4. The second-order valence-corrected chi connectivity index (χ2v) is 2.37. The Bertz CT molecular complexity index is 387. The summed E-state index contributed by atoms with van der Waals surface area (Å²) in [4.78, 5) is 7.92. The average Bonchev–Trinajstić information content (AvgIpc) is 2.20. The topological polar surface area (TPSA) is 71.8 Å². The molecule has 0 aliphatic carbocycles. The lowest BCUT2D eigenvalue weighted by atomic mass is 10.3. The first-order valence-electron chi connectivity index (χ1n) is 3.65. The lowest BCUT2D eigenvalue weighted by molar-refractivity contribution is 0.445. The largest absolute Gasteiger partial charge is 0.492 e. The van der Waals surface area contributed by atoms with Crippen LogP contribution in [0, 0.1) is 0 Å². The molecule has 2 rings (SSSR count). The maximum Gasteiger partial charge on any atom is 0.230 e. The third-order valence-corrected chi connectivity index (χ3v) is 1.48. The number of aromatic nitrogens is 4. The fraction of sp³-hybridized carbons (Fsp3) is 0. The number of hydrogen-bond donors (Lipinski definition) is 1. The Balaban J connectivity index is 2.42. The molecule has 13 heavy (non-hydrogen) atoms. The van der Waals surface area contributed by atoms with Gasteiger partial charge in [0.05, 0.1) is 6.20 Å². The predicted molar refractivity (Wildman–Crippen MR) is 44.7 cm³/mol. The smallest absolute Gasteiger partial charge is 0.230 e. The monoisotopic (exact) mass is 174 g/mol. The normalized spacial score (nSPS) is 9.85. The molecule has 2 aromatic heterocycles. The van der Waals surface area contributed by atoms with E-state index in [1.165, 1.54) is 6.07 Å². The van der Waals surface area contributed by atoms with Gasteiger partial charge in [0.15, 0.2) is 0 Å². The molecule has 64 valence electrons. The first-order valence-corrected chi connectivity index (χ1v) is 3.65. The molecule has 0 aliphatic heterocycles. The van der Waals surface area contributed by atoms with Crippen molar-refractivity contribution < 1.29 is 5.11 Å². The highest BCUT2D eigenvalue weighted by Crippen LogP contribution is 2.12. The Kier molecular flexibility index (Phi) is 1.84. The standard InChI is InChI=1S/C8H6N4O/c13-8-2-1-6(11-12-8)7-5-9-3-4-10-7/h1-5H,(H,12,13). The van der Waals surface area contributed by atoms with Gasteiger partial charge in [0, 0.05) is 18.5 Å². The molecule has 0 radical (unpaired) electrons. The summed E-state index contributed by atoms with van der Waals surface area (Å²) >= 11 is 0. The highest BCUT2D eigenvalue weighted by Gasteiger charge is 2.00. The summed E-state index contributed by atoms with van der Waals surface area (Å²) < 4.78 is 0. The van der Waals surface area contributed by atoms with Gasteiger partial charge in [-0.1, -0.05) is 0 Å². The van der Waals surface area contributed by atoms with Crippen LogP contribution in [0.5, 0.6) is 5.88 Å². The van der Waals surface area contributed by atoms with E-state index in [1.54, 1.807) is 24.7 Å². The molecule has 0 bridgehead atoms. The van der Waals surface area contributed by atoms with Gasteiger partial charge in [-0.05, 0) is 6.07 Å². The average molecular weight is 174 g/mol. The summed E-state index contributed by atoms with van der Waals surface area (Å²) in [6.45, 7) is 0. The summed E-state index contributed by atoms with van der Waals surface area (Å²) in [6, 6.07) is 3.09. The Morgan fingerprint density at radius 3 is 2.54 bits per heavy atom. The fourth-order valence-electron chi connectivity index (χ4n) is 0.893. The molecule has 0 saturated heterocycles. The summed E-state index contributed by atoms with van der Waals surface area (Å²) in [5, 5.41) is 16.1. The van der Waals surface area contributed by atoms with Crippen molar-refractivity contribution in [1.29, 1.82) is 0 Å². The highest BCUT2D eigenvalue weighted by atomic mass is 16.3. The predicted octanol–water partition coefficient (Wildman–Crippen LogP) is 0.639. The molecule has 0 unspecified atom stereocenters. The molecule has 2 aromatic rings. The van der Waals surface area contributed by atoms with E-state index in [0.717, 1.165) is 0 Å². The van der Waals surface area contributed by atoms with E-state index in [2.05, 4.69) is 20.2 Å². The minimum atomic E-state index is -0.104. The van der Waals surface area contributed by atoms with Crippen LogP contribution in [0.15, 0.2) is 30.7 Å². The molecule has 0 aromatic carbocycles. The number of hydrogen-bond acceptors (Lipinski definition) is 5. The van der Waals surface area contributed by atoms with E-state index in [1.807, 2.05) is 0 Å². The van der Waals surface area contributed by atoms with E-state index in [-0.39, 0.29) is 5.88 Å². The molecule has 0 saturated carbocycles. The minimum absolute atomic E-state index is 0.104. The van der Waals surface area contributed by atoms with Gasteiger partial charge in [0.25, 0.3) is 0 Å². The first kappa shape index (κ1) is 7.60. The maximum absolute atomic E-state index is 8.89. The van der Waals surface area contributed by atoms with E-state index >= 15 is 0 Å². The van der Waals surface area contributed by atoms with Gasteiger partial charge in [-0.2, -0.15) is 0 Å². The molecular formula is C8H6N4O. The van der Waals surface area contributed by atoms with E-state index in [4.69, 9.17) is 5.11 Å². The molecule has 0 spiro atoms. The van der Waals surface area contributed by atoms with Gasteiger partial charge < -0.3 is 5.11 Å². The summed E-state index contributed by atoms with van der Waals surface area (Å²) in [5.41, 5.74) is 1.22. The Hall–Kier alpha value is -2.04. The SMILES string of the molecule is Oc1ccc(-c2cnccn2)nn1. The summed E-state index contributed by atoms with van der Waals surface area (Å²) in [6.07, 6.45) is 4.74. The molecule has 1 N–H and O–H groups in total. The van der Waals surface area contributed by atoms with Crippen molar-refractivity contribution in [2.45, 2.75) is 0 Å². The molecule has 0 aliphatic rings. The molecule has 0 fully saturated rings. The lowest BCUT2D eigenvalue weighted by Crippen LogP contribution is -1.89. The van der Waals surface area contributed by atoms with E-state index in [9.17, 15) is 0 Å². The van der Waals surface area contributed by atoms with Gasteiger partial charge in [0.1, 0.15) is 11.4 Å². The van der Waals surface area contributed by atoms with Crippen LogP contribution in [-0.2, 0) is 0 Å². The summed E-state index contributed by atoms with van der Waals surface area (Å²) in [7, 11) is 0. The van der Waals surface area contributed by atoms with Crippen molar-refractivity contribution >= 4 is 0 Å². The Morgan fingerprint density at radius 2 is 1.92 bits per heavy atom. The maximum atomic E-state index is 8.89. The van der Waals surface area contributed by atoms with Crippen LogP contribution >= 0.6 is 0 Å². The van der Waals surface area contributed by atoms with Crippen LogP contribution in [0.3, 0.4) is 0 Å². The van der Waals surface area contributed by atoms with Crippen LogP contribution in [0.2, 0.25) is 0 Å². The summed E-state index contributed by atoms with van der Waals surface area (Å²) in [5.74, 6) is -0.104. The highest BCUT2D eigenvalue weighted by molar-refractivity contribution is 5.51. The van der Waals surface area contributed by atoms with E-state index < -0.39 is 0 Å². The van der Waals surface area contributed by atoms with Crippen molar-refractivity contribution in [1.82, 2.24) is 20.2 Å². The molecule has 5 heteroatoms. The quantitative estimate of drug-likeness (QED) is 0.686. The molecular weight excluding hydrogens is 168 g/mol. The van der Waals surface area contributed by atoms with Crippen LogP contribution < -0.4 is 0 Å². The number of aromatic hydroxyl groups is 1. The van der Waals surface area contributed by atoms with Gasteiger partial charge in [-0.15, -0.1) is 10.2 Å². The van der Waals surface area contributed by atoms with Crippen molar-refractivity contribution in [2.75, 3.05) is 0 Å². The molecule has 0 atom stereocenters. The van der Waals surface area contributed by atoms with E-state index in [0.29, 0.717) is 11.4 Å². The fourth-order valence-corrected chi connectivity index (χ4v) is 0.893. The second kappa shape index (κ2) is 3.14. The molecule has 5 nitrogen and oxygen atoms in total. The van der Waals surface area contributed by atoms with Gasteiger partial charge in [-0.25, -0.2) is 0 Å². The molecule has 2 heterocycles. The zero-order valence-electron chi connectivity index (χ0n) is 6.62. The third-order valence-electron chi connectivity index (χ3n) is 1.48. The van der Waals surface area contributed by atoms with Crippen molar-refractivity contribution in [3.8, 4) is 17.3 Å². The van der Waals surface area contributed by atoms with Gasteiger partial charge >= 0.3 is 0 Å². The zero-order valence-corrected chi connectivity index (χ0v) is 6.62. The Labute approximate surface area is 74.1 Å². The van der Waals surface area contributed by atoms with Crippen LogP contribution in [0.4, 0.5) is 0 Å². The van der Waals surface area contributed by atoms with Crippen molar-refractivity contribution in [2.24, 2.45) is 0 Å². The van der Waals surface area contributed by atoms with Gasteiger partial charge in [-0.3, -0.25) is 9.97 Å². The first-order chi connectivity index (χ1) is 6.36. The third kappa shape index (κ3) is 1.58. The zero-order chi connectivity index (χ0) is 9.10. The van der Waals surface area contributed by atoms with Crippen LogP contribution in [0.25, 0.3) is 11.4 Å².